The summed E-state index contributed by atoms with van der Waals surface area (Å²) >= 11 is 1.39. The molecular weight excluding hydrogens is 548 g/mol. The van der Waals surface area contributed by atoms with Crippen LogP contribution in [-0.2, 0) is 10.0 Å². The van der Waals surface area contributed by atoms with Crippen LogP contribution in [0.2, 0.25) is 0 Å². The minimum absolute atomic E-state index is 0. The van der Waals surface area contributed by atoms with Crippen LogP contribution in [0, 0.1) is 0 Å². The number of para-hydroxylation sites is 1. The Morgan fingerprint density at radius 1 is 0.947 bits per heavy atom. The van der Waals surface area contributed by atoms with Gasteiger partial charge >= 0.3 is 0 Å². The number of hydrogen-bond acceptors (Lipinski definition) is 8. The number of rotatable bonds is 8. The number of anilines is 2. The van der Waals surface area contributed by atoms with E-state index in [2.05, 4.69) is 0 Å². The summed E-state index contributed by atoms with van der Waals surface area (Å²) in [5.74, 6) is 1.03. The quantitative estimate of drug-likeness (QED) is 0.306. The van der Waals surface area contributed by atoms with E-state index in [-0.39, 0.29) is 30.0 Å². The van der Waals surface area contributed by atoms with Crippen molar-refractivity contribution in [1.82, 2.24) is 9.88 Å². The number of aromatic nitrogens is 1. The minimum Gasteiger partial charge on any atom is -0.454 e. The number of hydrogen-bond donors (Lipinski definition) is 0. The summed E-state index contributed by atoms with van der Waals surface area (Å²) < 4.78 is 39.3. The number of halogens is 1. The molecule has 5 rings (SSSR count). The van der Waals surface area contributed by atoms with Gasteiger partial charge in [-0.1, -0.05) is 29.5 Å². The van der Waals surface area contributed by atoms with Gasteiger partial charge in [-0.2, -0.15) is 0 Å². The molecule has 2 heterocycles. The van der Waals surface area contributed by atoms with E-state index in [0.717, 1.165) is 10.2 Å². The van der Waals surface area contributed by atoms with E-state index in [9.17, 15) is 13.2 Å². The lowest BCUT2D eigenvalue weighted by Crippen LogP contribution is -2.36. The third-order valence-corrected chi connectivity index (χ3v) is 8.84. The molecule has 200 valence electrons. The van der Waals surface area contributed by atoms with Crippen molar-refractivity contribution in [2.75, 3.05) is 50.2 Å². The van der Waals surface area contributed by atoms with Gasteiger partial charge in [0.2, 0.25) is 6.79 Å². The fourth-order valence-electron chi connectivity index (χ4n) is 3.87. The molecule has 0 fully saturated rings. The molecule has 0 bridgehead atoms. The number of carbonyl (C=O) groups is 1. The van der Waals surface area contributed by atoms with Crippen LogP contribution >= 0.6 is 23.7 Å². The second-order valence-electron chi connectivity index (χ2n) is 8.76. The second-order valence-corrected chi connectivity index (χ2v) is 11.7. The smallest absolute Gasteiger partial charge is 0.264 e. The first-order chi connectivity index (χ1) is 17.7. The first-order valence-corrected chi connectivity index (χ1v) is 13.8. The molecule has 1 aliphatic heterocycles. The van der Waals surface area contributed by atoms with Gasteiger partial charge in [0.1, 0.15) is 0 Å². The Kier molecular flexibility index (Phi) is 8.12. The normalized spacial score (nSPS) is 12.4. The summed E-state index contributed by atoms with van der Waals surface area (Å²) in [4.78, 5) is 22.0. The monoisotopic (exact) mass is 574 g/mol. The third-order valence-electron chi connectivity index (χ3n) is 6.00. The molecule has 4 aromatic rings. The average Bonchev–Trinajstić information content (AvgIpc) is 3.53. The van der Waals surface area contributed by atoms with Gasteiger partial charge in [-0.05, 0) is 50.5 Å². The molecule has 0 atom stereocenters. The van der Waals surface area contributed by atoms with Crippen LogP contribution in [0.5, 0.6) is 11.5 Å². The Morgan fingerprint density at radius 2 is 1.61 bits per heavy atom. The second kappa shape index (κ2) is 11.2. The summed E-state index contributed by atoms with van der Waals surface area (Å²) in [6.45, 7) is 1.22. The molecule has 1 aromatic heterocycles. The van der Waals surface area contributed by atoms with Crippen molar-refractivity contribution >= 4 is 60.7 Å². The molecule has 12 heteroatoms. The highest BCUT2D eigenvalue weighted by molar-refractivity contribution is 7.92. The molecule has 0 aliphatic carbocycles. The van der Waals surface area contributed by atoms with Gasteiger partial charge in [-0.15, -0.1) is 12.4 Å². The van der Waals surface area contributed by atoms with Crippen LogP contribution in [0.1, 0.15) is 10.4 Å². The number of carbonyl (C=O) groups excluding carboxylic acids is 1. The molecule has 0 N–H and O–H groups in total. The third kappa shape index (κ3) is 5.41. The van der Waals surface area contributed by atoms with Crippen molar-refractivity contribution in [2.24, 2.45) is 0 Å². The average molecular weight is 575 g/mol. The molecule has 1 aliphatic rings. The fourth-order valence-corrected chi connectivity index (χ4v) is 6.06. The maximum atomic E-state index is 13.6. The van der Waals surface area contributed by atoms with Gasteiger partial charge in [-0.25, -0.2) is 13.4 Å². The van der Waals surface area contributed by atoms with Crippen molar-refractivity contribution in [2.45, 2.75) is 4.90 Å². The van der Waals surface area contributed by atoms with E-state index >= 15 is 0 Å². The standard InChI is InChI=1S/C26H26N4O5S2.ClH/c1-28(2)13-14-30(26-27-21-15-22-23(35-17-34-22)16-24(21)36-26)25(31)18-9-11-20(12-10-18)37(32,33)29(3)19-7-5-4-6-8-19;/h4-12,15-16H,13-14,17H2,1-3H3;1H. The first-order valence-electron chi connectivity index (χ1n) is 11.5. The molecule has 0 radical (unpaired) electrons. The molecule has 0 saturated carbocycles. The van der Waals surface area contributed by atoms with Crippen molar-refractivity contribution in [3.8, 4) is 11.5 Å². The van der Waals surface area contributed by atoms with Crippen LogP contribution in [-0.4, -0.2) is 65.2 Å². The molecule has 38 heavy (non-hydrogen) atoms. The number of sulfonamides is 1. The van der Waals surface area contributed by atoms with E-state index in [1.165, 1.54) is 34.8 Å². The summed E-state index contributed by atoms with van der Waals surface area (Å²) in [5, 5.41) is 0.547. The molecule has 0 saturated heterocycles. The van der Waals surface area contributed by atoms with E-state index in [4.69, 9.17) is 14.5 Å². The van der Waals surface area contributed by atoms with Crippen LogP contribution in [0.15, 0.2) is 71.6 Å². The van der Waals surface area contributed by atoms with Crippen LogP contribution in [0.3, 0.4) is 0 Å². The molecule has 1 amide bonds. The number of ether oxygens (including phenoxy) is 2. The summed E-state index contributed by atoms with van der Waals surface area (Å²) in [7, 11) is 1.59. The predicted molar refractivity (Wildman–Crippen MR) is 152 cm³/mol. The van der Waals surface area contributed by atoms with Crippen molar-refractivity contribution in [3.05, 3.63) is 72.3 Å². The number of likely N-dealkylation sites (N-methyl/N-ethyl adjacent to an activating group) is 1. The zero-order valence-electron chi connectivity index (χ0n) is 21.0. The van der Waals surface area contributed by atoms with Crippen molar-refractivity contribution < 1.29 is 22.7 Å². The van der Waals surface area contributed by atoms with Gasteiger partial charge in [-0.3, -0.25) is 14.0 Å². The van der Waals surface area contributed by atoms with E-state index < -0.39 is 10.0 Å². The largest absolute Gasteiger partial charge is 0.454 e. The highest BCUT2D eigenvalue weighted by Crippen LogP contribution is 2.40. The zero-order chi connectivity index (χ0) is 26.2. The minimum atomic E-state index is -3.78. The van der Waals surface area contributed by atoms with Crippen molar-refractivity contribution in [3.63, 3.8) is 0 Å². The highest BCUT2D eigenvalue weighted by atomic mass is 35.5. The maximum absolute atomic E-state index is 13.6. The Labute approximate surface area is 231 Å². The lowest BCUT2D eigenvalue weighted by Gasteiger charge is -2.22. The Bertz CT molecular complexity index is 1500. The molecule has 3 aromatic carbocycles. The van der Waals surface area contributed by atoms with Crippen molar-refractivity contribution in [1.29, 1.82) is 0 Å². The number of fused-ring (bicyclic) bond motifs is 2. The number of nitrogens with zero attached hydrogens (tertiary/aromatic N) is 4. The molecule has 0 spiro atoms. The van der Waals surface area contributed by atoms with Gasteiger partial charge in [0.05, 0.1) is 20.8 Å². The first kappa shape index (κ1) is 27.6. The van der Waals surface area contributed by atoms with Gasteiger partial charge in [0.15, 0.2) is 16.6 Å². The fraction of sp³-hybridized carbons (Fsp3) is 0.231. The van der Waals surface area contributed by atoms with Gasteiger partial charge in [0.25, 0.3) is 15.9 Å². The Balaban J connectivity index is 0.00000336. The summed E-state index contributed by atoms with van der Waals surface area (Å²) in [6, 6.07) is 18.5. The molecular formula is C26H27ClN4O5S2. The Hall–Kier alpha value is -3.38. The van der Waals surface area contributed by atoms with Crippen LogP contribution in [0.25, 0.3) is 10.2 Å². The maximum Gasteiger partial charge on any atom is 0.264 e. The van der Waals surface area contributed by atoms with Gasteiger partial charge in [0, 0.05) is 37.8 Å². The lowest BCUT2D eigenvalue weighted by atomic mass is 10.2. The predicted octanol–water partition coefficient (Wildman–Crippen LogP) is 4.48. The van der Waals surface area contributed by atoms with Gasteiger partial charge < -0.3 is 14.4 Å². The van der Waals surface area contributed by atoms with E-state index in [0.29, 0.717) is 41.0 Å². The Morgan fingerprint density at radius 3 is 2.26 bits per heavy atom. The van der Waals surface area contributed by atoms with Crippen LogP contribution in [0.4, 0.5) is 10.8 Å². The highest BCUT2D eigenvalue weighted by Gasteiger charge is 2.25. The number of benzene rings is 3. The topological polar surface area (TPSA) is 92.3 Å². The van der Waals surface area contributed by atoms with E-state index in [1.807, 2.05) is 37.2 Å². The molecule has 0 unspecified atom stereocenters. The summed E-state index contributed by atoms with van der Waals surface area (Å²) in [5.41, 5.74) is 1.64. The number of amides is 1. The lowest BCUT2D eigenvalue weighted by molar-refractivity contribution is 0.0985. The summed E-state index contributed by atoms with van der Waals surface area (Å²) in [6.07, 6.45) is 0. The van der Waals surface area contributed by atoms with Crippen LogP contribution < -0.4 is 18.7 Å². The SMILES string of the molecule is CN(C)CCN(C(=O)c1ccc(S(=O)(=O)N(C)c2ccccc2)cc1)c1nc2cc3c(cc2s1)OCO3.Cl. The number of thiazole rings is 1. The zero-order valence-corrected chi connectivity index (χ0v) is 23.5. The van der Waals surface area contributed by atoms with E-state index in [1.54, 1.807) is 41.3 Å². The molecule has 9 nitrogen and oxygen atoms in total.